The first-order chi connectivity index (χ1) is 25.8. The summed E-state index contributed by atoms with van der Waals surface area (Å²) >= 11 is 0. The van der Waals surface area contributed by atoms with Gasteiger partial charge in [0.15, 0.2) is 0 Å². The molecule has 0 fully saturated rings. The smallest absolute Gasteiger partial charge is 0.418 e. The fraction of sp³-hybridized carbons (Fsp3) is 0.400. The first-order valence-electron chi connectivity index (χ1n) is 16.5. The molecular formula is C30H36B2Cu2F8N14+2. The Morgan fingerprint density at radius 1 is 0.321 bits per heavy atom. The first kappa shape index (κ1) is 49.8. The van der Waals surface area contributed by atoms with Crippen molar-refractivity contribution in [2.75, 3.05) is 78.5 Å². The van der Waals surface area contributed by atoms with Gasteiger partial charge in [-0.15, -0.1) is 30.6 Å². The van der Waals surface area contributed by atoms with E-state index in [-0.39, 0.29) is 34.1 Å². The fourth-order valence-corrected chi connectivity index (χ4v) is 4.29. The van der Waals surface area contributed by atoms with Gasteiger partial charge < -0.3 is 34.5 Å². The summed E-state index contributed by atoms with van der Waals surface area (Å²) < 4.78 is 78.0. The van der Waals surface area contributed by atoms with Crippen LogP contribution in [-0.2, 0) is 34.1 Å². The topological polar surface area (TPSA) is 158 Å². The summed E-state index contributed by atoms with van der Waals surface area (Å²) in [5.41, 5.74) is 4.24. The number of hydrogen-bond donors (Lipinski definition) is 0. The van der Waals surface area contributed by atoms with Gasteiger partial charge in [0.05, 0.1) is 39.3 Å². The molecule has 0 aliphatic carbocycles. The monoisotopic (exact) mass is 892 g/mol. The van der Waals surface area contributed by atoms with Crippen LogP contribution in [0.15, 0.2) is 66.4 Å². The molecule has 26 heteroatoms. The second kappa shape index (κ2) is 27.4. The molecule has 14 nitrogen and oxygen atoms in total. The number of hydrogen-bond acceptors (Lipinski definition) is 14. The molecular weight excluding hydrogens is 857 g/mol. The van der Waals surface area contributed by atoms with Crippen LogP contribution in [0.4, 0.5) is 34.5 Å². The minimum Gasteiger partial charge on any atom is -0.418 e. The molecule has 0 spiro atoms. The van der Waals surface area contributed by atoms with Gasteiger partial charge in [-0.3, -0.25) is 39.8 Å². The molecule has 15 heterocycles. The van der Waals surface area contributed by atoms with E-state index in [2.05, 4.69) is 70.3 Å². The number of nitrogens with zero attached hydrogens (tertiary/aromatic N) is 14. The van der Waals surface area contributed by atoms with Crippen LogP contribution >= 0.6 is 0 Å². The van der Waals surface area contributed by atoms with Crippen molar-refractivity contribution >= 4 is 51.8 Å². The molecule has 3 aromatic heterocycles. The van der Waals surface area contributed by atoms with Crippen molar-refractivity contribution in [3.05, 3.63) is 70.6 Å². The van der Waals surface area contributed by atoms with Crippen LogP contribution in [0.1, 0.15) is 34.2 Å². The van der Waals surface area contributed by atoms with E-state index in [1.54, 1.807) is 37.3 Å². The number of halogens is 8. The summed E-state index contributed by atoms with van der Waals surface area (Å²) in [7, 11) is -12.0. The maximum absolute atomic E-state index is 9.75. The molecule has 56 heavy (non-hydrogen) atoms. The van der Waals surface area contributed by atoms with E-state index in [1.165, 1.54) is 0 Å². The van der Waals surface area contributed by atoms with E-state index in [4.69, 9.17) is 0 Å². The molecule has 8 bridgehead atoms. The Morgan fingerprint density at radius 3 is 0.589 bits per heavy atom. The van der Waals surface area contributed by atoms with Crippen molar-refractivity contribution in [3.63, 3.8) is 0 Å². The van der Waals surface area contributed by atoms with Crippen LogP contribution in [0.3, 0.4) is 0 Å². The number of rotatable bonds is 0. The molecule has 0 N–H and O–H groups in total. The Bertz CT molecular complexity index is 1380. The summed E-state index contributed by atoms with van der Waals surface area (Å²) in [4.78, 5) is 32.0. The molecule has 0 unspecified atom stereocenters. The minimum absolute atomic E-state index is 0. The van der Waals surface area contributed by atoms with Gasteiger partial charge >= 0.3 is 48.6 Å². The summed E-state index contributed by atoms with van der Waals surface area (Å²) in [5, 5.41) is 25.7. The average Bonchev–Trinajstić information content (AvgIpc) is 3.11. The van der Waals surface area contributed by atoms with Crippen LogP contribution in [0, 0.1) is 0 Å². The Hall–Kier alpha value is -4.21. The molecule has 0 amide bonds. The maximum Gasteiger partial charge on any atom is 2.00 e. The Morgan fingerprint density at radius 2 is 0.464 bits per heavy atom. The van der Waals surface area contributed by atoms with Gasteiger partial charge in [-0.05, 0) is 36.4 Å². The van der Waals surface area contributed by atoms with Crippen molar-refractivity contribution in [1.29, 1.82) is 0 Å². The van der Waals surface area contributed by atoms with Gasteiger partial charge in [-0.25, -0.2) is 0 Å². The number of aromatic nitrogens is 6. The summed E-state index contributed by atoms with van der Waals surface area (Å²) in [6.45, 7) is 8.14. The van der Waals surface area contributed by atoms with E-state index < -0.39 is 14.5 Å². The van der Waals surface area contributed by atoms with E-state index in [9.17, 15) is 34.5 Å². The Kier molecular flexibility index (Phi) is 24.4. The van der Waals surface area contributed by atoms with Gasteiger partial charge in [0, 0.05) is 76.6 Å². The SMILES string of the molecule is C1=NCCN2CCN=Cc3ccc(nn3)C=NCCN(CCN=Cc3ccc1nn3)CCN=Cc1ccc(nn1)C=NCC2.F[B-](F)(F)F.F[B-](F)(F)F.[Cu+2].[Cu+2]. The molecule has 0 saturated carbocycles. The Balaban J connectivity index is 0.00000116. The van der Waals surface area contributed by atoms with Crippen LogP contribution < -0.4 is 0 Å². The van der Waals surface area contributed by atoms with Crippen molar-refractivity contribution in [2.45, 2.75) is 0 Å². The molecule has 15 rings (SSSR count). The standard InChI is InChI=1S/C30H36N14.2BF4.2Cu/c1-2-26-20-32-8-14-44-17-11-35-23-29-5-3-27(39-41-29)21-33-9-15-43(13-7-31-19-25(1)37-38-26)16-10-34-22-28-4-6-30(42-40-28)24-36-12-18-44;2*2-1(3,4)5;;/h1-6,19-24H,7-18H2;;;;/q;2*-1;2*+2. The van der Waals surface area contributed by atoms with Crippen molar-refractivity contribution in [3.8, 4) is 0 Å². The summed E-state index contributed by atoms with van der Waals surface area (Å²) in [5.74, 6) is 0. The van der Waals surface area contributed by atoms with E-state index in [0.29, 0.717) is 73.4 Å². The van der Waals surface area contributed by atoms with Crippen LogP contribution in [0.25, 0.3) is 0 Å². The largest absolute Gasteiger partial charge is 2.00 e. The number of aliphatic imine (C=N–C) groups is 6. The quantitative estimate of drug-likeness (QED) is 0.246. The Labute approximate surface area is 338 Å². The summed E-state index contributed by atoms with van der Waals surface area (Å²) in [6, 6.07) is 11.4. The van der Waals surface area contributed by atoms with Gasteiger partial charge in [0.1, 0.15) is 34.2 Å². The second-order valence-electron chi connectivity index (χ2n) is 11.0. The third-order valence-corrected chi connectivity index (χ3v) is 6.73. The molecule has 308 valence electrons. The maximum atomic E-state index is 9.75. The molecule has 0 saturated heterocycles. The van der Waals surface area contributed by atoms with E-state index in [0.717, 1.165) is 39.3 Å². The van der Waals surface area contributed by atoms with Crippen molar-refractivity contribution < 1.29 is 68.7 Å². The minimum atomic E-state index is -6.00. The predicted molar refractivity (Wildman–Crippen MR) is 194 cm³/mol. The summed E-state index contributed by atoms with van der Waals surface area (Å²) in [6.07, 6.45) is 10.5. The molecule has 12 aliphatic heterocycles. The zero-order valence-corrected chi connectivity index (χ0v) is 31.3. The predicted octanol–water partition coefficient (Wildman–Crippen LogP) is 3.20. The van der Waals surface area contributed by atoms with Crippen LogP contribution in [0.2, 0.25) is 0 Å². The third-order valence-electron chi connectivity index (χ3n) is 6.73. The normalized spacial score (nSPS) is 18.2. The molecule has 3 aromatic rings. The molecule has 0 atom stereocenters. The fourth-order valence-electron chi connectivity index (χ4n) is 4.29. The average molecular weight is 893 g/mol. The van der Waals surface area contributed by atoms with E-state index in [1.807, 2.05) is 36.4 Å². The van der Waals surface area contributed by atoms with Crippen molar-refractivity contribution in [2.24, 2.45) is 30.0 Å². The van der Waals surface area contributed by atoms with Crippen LogP contribution in [-0.4, -0.2) is 171 Å². The zero-order chi connectivity index (χ0) is 39.1. The van der Waals surface area contributed by atoms with Gasteiger partial charge in [0.25, 0.3) is 0 Å². The van der Waals surface area contributed by atoms with Crippen molar-refractivity contribution in [1.82, 2.24) is 40.4 Å². The molecule has 2 radical (unpaired) electrons. The second-order valence-corrected chi connectivity index (χ2v) is 11.0. The molecule has 12 aliphatic rings. The van der Waals surface area contributed by atoms with E-state index >= 15 is 0 Å². The van der Waals surface area contributed by atoms with Crippen LogP contribution in [0.5, 0.6) is 0 Å². The zero-order valence-electron chi connectivity index (χ0n) is 29.5. The third kappa shape index (κ3) is 25.8. The van der Waals surface area contributed by atoms with Gasteiger partial charge in [0.2, 0.25) is 0 Å². The van der Waals surface area contributed by atoms with Gasteiger partial charge in [-0.2, -0.15) is 0 Å². The first-order valence-corrected chi connectivity index (χ1v) is 16.5. The van der Waals surface area contributed by atoms with Gasteiger partial charge in [-0.1, -0.05) is 0 Å². The molecule has 0 aromatic carbocycles.